The molecular formula is C13H21NO. The van der Waals surface area contributed by atoms with Crippen LogP contribution in [0.5, 0.6) is 0 Å². The second kappa shape index (κ2) is 5.15. The van der Waals surface area contributed by atoms with Crippen molar-refractivity contribution in [2.24, 2.45) is 13.0 Å². The van der Waals surface area contributed by atoms with Gasteiger partial charge in [0.2, 0.25) is 0 Å². The number of hydrogen-bond donors (Lipinski definition) is 0. The Hall–Kier alpha value is -1.05. The molecule has 84 valence electrons. The fourth-order valence-corrected chi connectivity index (χ4v) is 1.98. The Morgan fingerprint density at radius 2 is 2.07 bits per heavy atom. The van der Waals surface area contributed by atoms with Crippen LogP contribution in [0, 0.1) is 12.8 Å². The van der Waals surface area contributed by atoms with Crippen molar-refractivity contribution in [2.45, 2.75) is 40.0 Å². The lowest BCUT2D eigenvalue weighted by Gasteiger charge is -2.13. The summed E-state index contributed by atoms with van der Waals surface area (Å²) in [5, 5.41) is 0. The average molecular weight is 207 g/mol. The van der Waals surface area contributed by atoms with Crippen LogP contribution in [0.1, 0.15) is 37.9 Å². The predicted octanol–water partition coefficient (Wildman–Crippen LogP) is 2.67. The zero-order chi connectivity index (χ0) is 11.4. The van der Waals surface area contributed by atoms with Crippen molar-refractivity contribution in [1.29, 1.82) is 0 Å². The molecule has 2 heteroatoms. The number of aryl methyl sites for hydroxylation is 1. The summed E-state index contributed by atoms with van der Waals surface area (Å²) in [5.74, 6) is 0.655. The molecule has 1 unspecified atom stereocenters. The van der Waals surface area contributed by atoms with Crippen molar-refractivity contribution in [1.82, 2.24) is 4.57 Å². The normalized spacial score (nSPS) is 12.8. The van der Waals surface area contributed by atoms with E-state index in [1.807, 2.05) is 14.0 Å². The maximum atomic E-state index is 11.6. The Balaban J connectivity index is 2.89. The van der Waals surface area contributed by atoms with E-state index in [1.54, 1.807) is 10.6 Å². The molecule has 1 rings (SSSR count). The van der Waals surface area contributed by atoms with E-state index in [0.29, 0.717) is 5.92 Å². The molecule has 0 aliphatic heterocycles. The largest absolute Gasteiger partial charge is 0.316 e. The molecule has 15 heavy (non-hydrogen) atoms. The highest BCUT2D eigenvalue weighted by atomic mass is 16.1. The number of pyridine rings is 1. The third-order valence-corrected chi connectivity index (χ3v) is 2.85. The molecule has 0 N–H and O–H groups in total. The number of nitrogens with zero attached hydrogens (tertiary/aromatic N) is 1. The van der Waals surface area contributed by atoms with Crippen LogP contribution >= 0.6 is 0 Å². The van der Waals surface area contributed by atoms with Crippen LogP contribution in [0.25, 0.3) is 0 Å². The molecule has 0 aliphatic carbocycles. The van der Waals surface area contributed by atoms with Gasteiger partial charge in [-0.3, -0.25) is 4.79 Å². The molecule has 0 spiro atoms. The maximum absolute atomic E-state index is 11.6. The second-order valence-electron chi connectivity index (χ2n) is 4.52. The third-order valence-electron chi connectivity index (χ3n) is 2.85. The van der Waals surface area contributed by atoms with Gasteiger partial charge in [0.1, 0.15) is 0 Å². The Morgan fingerprint density at radius 3 is 2.67 bits per heavy atom. The fraction of sp³-hybridized carbons (Fsp3) is 0.615. The molecule has 0 saturated carbocycles. The van der Waals surface area contributed by atoms with Crippen LogP contribution in [0.3, 0.4) is 0 Å². The monoisotopic (exact) mass is 207 g/mol. The van der Waals surface area contributed by atoms with Gasteiger partial charge in [-0.05, 0) is 30.9 Å². The van der Waals surface area contributed by atoms with Gasteiger partial charge < -0.3 is 4.57 Å². The minimum atomic E-state index is 0.105. The van der Waals surface area contributed by atoms with Crippen LogP contribution in [0.4, 0.5) is 0 Å². The highest BCUT2D eigenvalue weighted by Crippen LogP contribution is 2.12. The molecule has 0 radical (unpaired) electrons. The number of aromatic nitrogens is 1. The molecule has 1 aromatic heterocycles. The van der Waals surface area contributed by atoms with Crippen LogP contribution in [0.2, 0.25) is 0 Å². The molecule has 1 heterocycles. The first-order chi connectivity index (χ1) is 7.04. The van der Waals surface area contributed by atoms with Gasteiger partial charge in [0.05, 0.1) is 0 Å². The zero-order valence-electron chi connectivity index (χ0n) is 10.2. The first-order valence-electron chi connectivity index (χ1n) is 5.71. The van der Waals surface area contributed by atoms with Gasteiger partial charge in [-0.25, -0.2) is 0 Å². The van der Waals surface area contributed by atoms with Crippen molar-refractivity contribution >= 4 is 0 Å². The number of rotatable bonds is 4. The van der Waals surface area contributed by atoms with Gasteiger partial charge in [-0.1, -0.05) is 26.7 Å². The Morgan fingerprint density at radius 1 is 1.40 bits per heavy atom. The van der Waals surface area contributed by atoms with E-state index in [1.165, 1.54) is 12.8 Å². The van der Waals surface area contributed by atoms with Gasteiger partial charge >= 0.3 is 0 Å². The lowest BCUT2D eigenvalue weighted by Crippen LogP contribution is -2.21. The summed E-state index contributed by atoms with van der Waals surface area (Å²) >= 11 is 0. The first-order valence-corrected chi connectivity index (χ1v) is 5.71. The van der Waals surface area contributed by atoms with Crippen molar-refractivity contribution in [2.75, 3.05) is 0 Å². The first kappa shape index (κ1) is 12.0. The molecule has 0 bridgehead atoms. The van der Waals surface area contributed by atoms with E-state index in [-0.39, 0.29) is 5.56 Å². The van der Waals surface area contributed by atoms with Gasteiger partial charge in [-0.15, -0.1) is 0 Å². The number of hydrogen-bond acceptors (Lipinski definition) is 1. The molecule has 1 aromatic rings. The fourth-order valence-electron chi connectivity index (χ4n) is 1.98. The van der Waals surface area contributed by atoms with E-state index in [0.717, 1.165) is 17.7 Å². The maximum Gasteiger partial charge on any atom is 0.250 e. The molecule has 0 amide bonds. The lowest BCUT2D eigenvalue weighted by molar-refractivity contribution is 0.505. The van der Waals surface area contributed by atoms with Gasteiger partial charge in [0, 0.05) is 18.8 Å². The van der Waals surface area contributed by atoms with Crippen LogP contribution in [-0.2, 0) is 13.5 Å². The molecule has 2 nitrogen and oxygen atoms in total. The van der Waals surface area contributed by atoms with E-state index in [2.05, 4.69) is 19.9 Å². The molecular weight excluding hydrogens is 186 g/mol. The average Bonchev–Trinajstić information content (AvgIpc) is 2.13. The summed E-state index contributed by atoms with van der Waals surface area (Å²) in [4.78, 5) is 11.6. The highest BCUT2D eigenvalue weighted by molar-refractivity contribution is 5.16. The van der Waals surface area contributed by atoms with Crippen molar-refractivity contribution < 1.29 is 0 Å². The van der Waals surface area contributed by atoms with Crippen molar-refractivity contribution in [3.63, 3.8) is 0 Å². The summed E-state index contributed by atoms with van der Waals surface area (Å²) in [6, 6.07) is 3.81. The summed E-state index contributed by atoms with van der Waals surface area (Å²) in [7, 11) is 1.86. The van der Waals surface area contributed by atoms with Gasteiger partial charge in [-0.2, -0.15) is 0 Å². The van der Waals surface area contributed by atoms with Crippen LogP contribution in [0.15, 0.2) is 16.9 Å². The summed E-state index contributed by atoms with van der Waals surface area (Å²) in [6.45, 7) is 6.43. The standard InChI is InChI=1S/C13H21NO/c1-5-6-10(2)7-12-8-11(3)9-13(15)14(12)4/h8-10H,5-7H2,1-4H3. The van der Waals surface area contributed by atoms with Crippen molar-refractivity contribution in [3.05, 3.63) is 33.7 Å². The second-order valence-corrected chi connectivity index (χ2v) is 4.52. The molecule has 0 aliphatic rings. The lowest BCUT2D eigenvalue weighted by atomic mass is 9.99. The topological polar surface area (TPSA) is 22.0 Å². The third kappa shape index (κ3) is 3.22. The molecule has 0 saturated heterocycles. The minimum absolute atomic E-state index is 0.105. The summed E-state index contributed by atoms with van der Waals surface area (Å²) in [6.07, 6.45) is 3.43. The Labute approximate surface area is 91.9 Å². The molecule has 0 aromatic carbocycles. The highest BCUT2D eigenvalue weighted by Gasteiger charge is 2.06. The van der Waals surface area contributed by atoms with Gasteiger partial charge in [0.15, 0.2) is 0 Å². The Kier molecular flexibility index (Phi) is 4.13. The van der Waals surface area contributed by atoms with Crippen LogP contribution in [-0.4, -0.2) is 4.57 Å². The SMILES string of the molecule is CCCC(C)Cc1cc(C)cc(=O)n1C. The molecule has 0 fully saturated rings. The van der Waals surface area contributed by atoms with Crippen LogP contribution < -0.4 is 5.56 Å². The predicted molar refractivity (Wildman–Crippen MR) is 64.2 cm³/mol. The quantitative estimate of drug-likeness (QED) is 0.744. The van der Waals surface area contributed by atoms with Crippen molar-refractivity contribution in [3.8, 4) is 0 Å². The zero-order valence-corrected chi connectivity index (χ0v) is 10.2. The van der Waals surface area contributed by atoms with Gasteiger partial charge in [0.25, 0.3) is 5.56 Å². The molecule has 1 atom stereocenters. The van der Waals surface area contributed by atoms with E-state index >= 15 is 0 Å². The van der Waals surface area contributed by atoms with E-state index in [9.17, 15) is 4.79 Å². The summed E-state index contributed by atoms with van der Waals surface area (Å²) in [5.41, 5.74) is 2.33. The Bertz CT molecular complexity index is 379. The smallest absolute Gasteiger partial charge is 0.250 e. The summed E-state index contributed by atoms with van der Waals surface area (Å²) < 4.78 is 1.76. The van der Waals surface area contributed by atoms with E-state index in [4.69, 9.17) is 0 Å². The minimum Gasteiger partial charge on any atom is -0.316 e. The van der Waals surface area contributed by atoms with E-state index < -0.39 is 0 Å².